The third-order valence-electron chi connectivity index (χ3n) is 3.13. The van der Waals surface area contributed by atoms with Gasteiger partial charge >= 0.3 is 0 Å². The molecule has 14 heavy (non-hydrogen) atoms. The van der Waals surface area contributed by atoms with Gasteiger partial charge in [0, 0.05) is 25.2 Å². The van der Waals surface area contributed by atoms with Gasteiger partial charge in [-0.15, -0.1) is 0 Å². The first kappa shape index (κ1) is 12.0. The second kappa shape index (κ2) is 6.38. The zero-order valence-electron chi connectivity index (χ0n) is 9.54. The first-order valence-corrected chi connectivity index (χ1v) is 5.87. The van der Waals surface area contributed by atoms with Crippen LogP contribution in [0, 0.1) is 0 Å². The van der Waals surface area contributed by atoms with Crippen molar-refractivity contribution in [3.8, 4) is 0 Å². The minimum Gasteiger partial charge on any atom is -0.380 e. The summed E-state index contributed by atoms with van der Waals surface area (Å²) >= 11 is 0. The van der Waals surface area contributed by atoms with Crippen LogP contribution in [0.15, 0.2) is 0 Å². The van der Waals surface area contributed by atoms with Crippen molar-refractivity contribution in [3.63, 3.8) is 0 Å². The molecule has 3 nitrogen and oxygen atoms in total. The Labute approximate surface area is 87.6 Å². The molecule has 3 heteroatoms. The van der Waals surface area contributed by atoms with E-state index < -0.39 is 0 Å². The summed E-state index contributed by atoms with van der Waals surface area (Å²) in [6, 6.07) is 0.983. The van der Waals surface area contributed by atoms with Crippen LogP contribution in [0.1, 0.15) is 33.1 Å². The van der Waals surface area contributed by atoms with Crippen molar-refractivity contribution < 1.29 is 4.74 Å². The van der Waals surface area contributed by atoms with Gasteiger partial charge in [0.1, 0.15) is 0 Å². The molecule has 0 saturated heterocycles. The lowest BCUT2D eigenvalue weighted by atomic mass is 10.1. The Bertz CT molecular complexity index is 152. The summed E-state index contributed by atoms with van der Waals surface area (Å²) in [6.07, 6.45) is 3.74. The first-order valence-electron chi connectivity index (χ1n) is 5.87. The van der Waals surface area contributed by atoms with Crippen molar-refractivity contribution in [2.24, 2.45) is 5.73 Å². The van der Waals surface area contributed by atoms with Crippen molar-refractivity contribution in [2.45, 2.75) is 45.2 Å². The normalized spacial score (nSPS) is 27.4. The van der Waals surface area contributed by atoms with E-state index >= 15 is 0 Å². The van der Waals surface area contributed by atoms with Crippen LogP contribution in [0.25, 0.3) is 0 Å². The first-order chi connectivity index (χ1) is 6.79. The highest BCUT2D eigenvalue weighted by Gasteiger charge is 2.28. The number of rotatable bonds is 6. The summed E-state index contributed by atoms with van der Waals surface area (Å²) in [5.41, 5.74) is 6.08. The Hall–Kier alpha value is -0.120. The second-order valence-electron chi connectivity index (χ2n) is 3.99. The lowest BCUT2D eigenvalue weighted by molar-refractivity contribution is 0.0942. The molecule has 0 bridgehead atoms. The molecule has 1 rings (SSSR count). The number of hydrogen-bond acceptors (Lipinski definition) is 3. The highest BCUT2D eigenvalue weighted by atomic mass is 16.5. The lowest BCUT2D eigenvalue weighted by Crippen LogP contribution is -2.45. The van der Waals surface area contributed by atoms with E-state index in [-0.39, 0.29) is 0 Å². The maximum Gasteiger partial charge on any atom is 0.0593 e. The molecule has 0 aromatic heterocycles. The summed E-state index contributed by atoms with van der Waals surface area (Å²) in [7, 11) is 0. The Kier molecular flexibility index (Phi) is 5.45. The molecule has 1 aliphatic rings. The Morgan fingerprint density at radius 3 is 2.64 bits per heavy atom. The van der Waals surface area contributed by atoms with E-state index in [0.717, 1.165) is 26.3 Å². The van der Waals surface area contributed by atoms with Gasteiger partial charge in [0.15, 0.2) is 0 Å². The van der Waals surface area contributed by atoms with Crippen LogP contribution in [0.5, 0.6) is 0 Å². The largest absolute Gasteiger partial charge is 0.380 e. The molecule has 0 amide bonds. The summed E-state index contributed by atoms with van der Waals surface area (Å²) in [4.78, 5) is 2.47. The second-order valence-corrected chi connectivity index (χ2v) is 3.99. The molecule has 0 aromatic rings. The molecular weight excluding hydrogens is 176 g/mol. The fourth-order valence-electron chi connectivity index (χ4n) is 2.31. The molecule has 1 aliphatic carbocycles. The molecule has 0 aliphatic heterocycles. The molecule has 1 fully saturated rings. The summed E-state index contributed by atoms with van der Waals surface area (Å²) in [6.45, 7) is 8.02. The third-order valence-corrected chi connectivity index (χ3v) is 3.13. The number of likely N-dealkylation sites (N-methyl/N-ethyl adjacent to an activating group) is 1. The number of nitrogens with zero attached hydrogens (tertiary/aromatic N) is 1. The molecule has 84 valence electrons. The molecule has 0 aromatic carbocycles. The fraction of sp³-hybridized carbons (Fsp3) is 1.00. The van der Waals surface area contributed by atoms with Crippen LogP contribution >= 0.6 is 0 Å². The lowest BCUT2D eigenvalue weighted by Gasteiger charge is -2.30. The van der Waals surface area contributed by atoms with Gasteiger partial charge in [-0.1, -0.05) is 13.3 Å². The van der Waals surface area contributed by atoms with Crippen LogP contribution in [-0.4, -0.2) is 43.3 Å². The zero-order chi connectivity index (χ0) is 10.4. The van der Waals surface area contributed by atoms with Crippen LogP contribution < -0.4 is 5.73 Å². The monoisotopic (exact) mass is 200 g/mol. The molecule has 0 spiro atoms. The van der Waals surface area contributed by atoms with Crippen LogP contribution in [0.2, 0.25) is 0 Å². The van der Waals surface area contributed by atoms with Gasteiger partial charge in [-0.05, 0) is 26.3 Å². The van der Waals surface area contributed by atoms with E-state index in [1.165, 1.54) is 19.3 Å². The highest BCUT2D eigenvalue weighted by Crippen LogP contribution is 2.22. The van der Waals surface area contributed by atoms with E-state index in [0.29, 0.717) is 12.1 Å². The average Bonchev–Trinajstić information content (AvgIpc) is 2.60. The van der Waals surface area contributed by atoms with Gasteiger partial charge in [0.25, 0.3) is 0 Å². The summed E-state index contributed by atoms with van der Waals surface area (Å²) in [5, 5.41) is 0. The molecular formula is C11H24N2O. The Balaban J connectivity index is 2.29. The predicted molar refractivity (Wildman–Crippen MR) is 59.4 cm³/mol. The standard InChI is InChI=1S/C11H24N2O/c1-3-13(8-9-14-4-2)11-7-5-6-10(11)12/h10-11H,3-9,12H2,1-2H3. The Morgan fingerprint density at radius 1 is 1.36 bits per heavy atom. The zero-order valence-corrected chi connectivity index (χ0v) is 9.54. The summed E-state index contributed by atoms with van der Waals surface area (Å²) in [5.74, 6) is 0. The van der Waals surface area contributed by atoms with Gasteiger partial charge < -0.3 is 10.5 Å². The van der Waals surface area contributed by atoms with Gasteiger partial charge in [-0.3, -0.25) is 4.90 Å². The highest BCUT2D eigenvalue weighted by molar-refractivity contribution is 4.87. The van der Waals surface area contributed by atoms with Gasteiger partial charge in [-0.25, -0.2) is 0 Å². The van der Waals surface area contributed by atoms with Crippen molar-refractivity contribution >= 4 is 0 Å². The van der Waals surface area contributed by atoms with Crippen LogP contribution in [0.4, 0.5) is 0 Å². The van der Waals surface area contributed by atoms with Gasteiger partial charge in [0.2, 0.25) is 0 Å². The van der Waals surface area contributed by atoms with E-state index in [1.54, 1.807) is 0 Å². The van der Waals surface area contributed by atoms with Crippen molar-refractivity contribution in [1.29, 1.82) is 0 Å². The smallest absolute Gasteiger partial charge is 0.0593 e. The number of nitrogens with two attached hydrogens (primary N) is 1. The van der Waals surface area contributed by atoms with E-state index in [9.17, 15) is 0 Å². The van der Waals surface area contributed by atoms with Gasteiger partial charge in [0.05, 0.1) is 6.61 Å². The molecule has 2 unspecified atom stereocenters. The van der Waals surface area contributed by atoms with E-state index in [1.807, 2.05) is 6.92 Å². The molecule has 1 saturated carbocycles. The minimum atomic E-state index is 0.386. The SMILES string of the molecule is CCOCCN(CC)C1CCCC1N. The van der Waals surface area contributed by atoms with Crippen molar-refractivity contribution in [1.82, 2.24) is 4.90 Å². The molecule has 0 heterocycles. The van der Waals surface area contributed by atoms with Crippen LogP contribution in [-0.2, 0) is 4.74 Å². The number of ether oxygens (including phenoxy) is 1. The van der Waals surface area contributed by atoms with Crippen LogP contribution in [0.3, 0.4) is 0 Å². The van der Waals surface area contributed by atoms with E-state index in [2.05, 4.69) is 11.8 Å². The summed E-state index contributed by atoms with van der Waals surface area (Å²) < 4.78 is 5.38. The number of hydrogen-bond donors (Lipinski definition) is 1. The molecule has 2 atom stereocenters. The Morgan fingerprint density at radius 2 is 2.14 bits per heavy atom. The fourth-order valence-corrected chi connectivity index (χ4v) is 2.31. The topological polar surface area (TPSA) is 38.5 Å². The molecule has 2 N–H and O–H groups in total. The minimum absolute atomic E-state index is 0.386. The quantitative estimate of drug-likeness (QED) is 0.655. The average molecular weight is 200 g/mol. The molecule has 0 radical (unpaired) electrons. The van der Waals surface area contributed by atoms with Crippen molar-refractivity contribution in [2.75, 3.05) is 26.3 Å². The van der Waals surface area contributed by atoms with Gasteiger partial charge in [-0.2, -0.15) is 0 Å². The maximum absolute atomic E-state index is 6.08. The maximum atomic E-state index is 6.08. The third kappa shape index (κ3) is 3.23. The van der Waals surface area contributed by atoms with E-state index in [4.69, 9.17) is 10.5 Å². The van der Waals surface area contributed by atoms with Crippen molar-refractivity contribution in [3.05, 3.63) is 0 Å². The predicted octanol–water partition coefficient (Wildman–Crippen LogP) is 1.22.